The number of fused-ring (bicyclic) bond motifs is 3. The number of nitrogens with zero attached hydrogens (tertiary/aromatic N) is 1. The smallest absolute Gasteiger partial charge is 0.409 e. The quantitative estimate of drug-likeness (QED) is 0.864. The van der Waals surface area contributed by atoms with Crippen molar-refractivity contribution in [3.8, 4) is 11.1 Å². The van der Waals surface area contributed by atoms with Gasteiger partial charge in [0, 0.05) is 24.9 Å². The Morgan fingerprint density at radius 3 is 2.32 bits per heavy atom. The average Bonchev–Trinajstić information content (AvgIpc) is 3.05. The maximum Gasteiger partial charge on any atom is 0.409 e. The minimum atomic E-state index is -1.95. The van der Waals surface area contributed by atoms with Crippen LogP contribution in [-0.4, -0.2) is 47.9 Å². The Kier molecular flexibility index (Phi) is 5.03. The molecule has 1 amide bonds. The molecular weight excluding hydrogens is 361 g/mol. The Labute approximate surface area is 162 Å². The van der Waals surface area contributed by atoms with E-state index in [1.807, 2.05) is 36.4 Å². The standard InChI is InChI=1S/C22H22FNO4/c23-20(21(25)26)14-6-5-11-24(12-14)22(27)28-13-19-17-9-3-1-7-15(17)16-8-2-4-10-18(16)19/h1-4,7-10,14,19-20H,5-6,11-13H2,(H,25,26). The van der Waals surface area contributed by atoms with Crippen molar-refractivity contribution in [1.29, 1.82) is 0 Å². The van der Waals surface area contributed by atoms with Gasteiger partial charge in [-0.05, 0) is 35.1 Å². The summed E-state index contributed by atoms with van der Waals surface area (Å²) in [7, 11) is 0. The third-order valence-corrected chi connectivity index (χ3v) is 5.70. The largest absolute Gasteiger partial charge is 0.479 e. The number of hydrogen-bond donors (Lipinski definition) is 1. The van der Waals surface area contributed by atoms with Crippen molar-refractivity contribution in [1.82, 2.24) is 4.90 Å². The first-order valence-electron chi connectivity index (χ1n) is 9.53. The molecule has 1 heterocycles. The van der Waals surface area contributed by atoms with Crippen LogP contribution in [0.5, 0.6) is 0 Å². The Hall–Kier alpha value is -2.89. The summed E-state index contributed by atoms with van der Waals surface area (Å²) in [5.41, 5.74) is 4.56. The van der Waals surface area contributed by atoms with Gasteiger partial charge in [0.15, 0.2) is 0 Å². The maximum absolute atomic E-state index is 13.8. The van der Waals surface area contributed by atoms with Crippen LogP contribution in [0.4, 0.5) is 9.18 Å². The lowest BCUT2D eigenvalue weighted by molar-refractivity contribution is -0.145. The molecule has 1 fully saturated rings. The molecule has 1 aliphatic heterocycles. The summed E-state index contributed by atoms with van der Waals surface area (Å²) in [6, 6.07) is 16.2. The molecule has 1 saturated heterocycles. The summed E-state index contributed by atoms with van der Waals surface area (Å²) < 4.78 is 19.4. The molecule has 1 N–H and O–H groups in total. The lowest BCUT2D eigenvalue weighted by Crippen LogP contribution is -2.44. The van der Waals surface area contributed by atoms with Gasteiger partial charge in [0.05, 0.1) is 0 Å². The predicted octanol–water partition coefficient (Wildman–Crippen LogP) is 4.07. The number of piperidine rings is 1. The monoisotopic (exact) mass is 383 g/mol. The summed E-state index contributed by atoms with van der Waals surface area (Å²) in [5, 5.41) is 8.88. The van der Waals surface area contributed by atoms with Gasteiger partial charge in [-0.3, -0.25) is 0 Å². The number of benzene rings is 2. The Morgan fingerprint density at radius 2 is 1.71 bits per heavy atom. The number of aliphatic carboxylic acids is 1. The first kappa shape index (κ1) is 18.5. The molecule has 28 heavy (non-hydrogen) atoms. The minimum absolute atomic E-state index is 0.0371. The summed E-state index contributed by atoms with van der Waals surface area (Å²) in [4.78, 5) is 24.9. The van der Waals surface area contributed by atoms with Gasteiger partial charge in [-0.15, -0.1) is 0 Å². The summed E-state index contributed by atoms with van der Waals surface area (Å²) in [5.74, 6) is -2.20. The number of halogens is 1. The van der Waals surface area contributed by atoms with Crippen molar-refractivity contribution in [3.05, 3.63) is 59.7 Å². The third kappa shape index (κ3) is 3.35. The predicted molar refractivity (Wildman–Crippen MR) is 102 cm³/mol. The Balaban J connectivity index is 1.45. The fraction of sp³-hybridized carbons (Fsp3) is 0.364. The van der Waals surface area contributed by atoms with E-state index in [0.717, 1.165) is 22.3 Å². The minimum Gasteiger partial charge on any atom is -0.479 e. The molecule has 2 aromatic rings. The number of rotatable bonds is 4. The fourth-order valence-electron chi connectivity index (χ4n) is 4.30. The number of carboxylic acids is 1. The Morgan fingerprint density at radius 1 is 1.11 bits per heavy atom. The van der Waals surface area contributed by atoms with E-state index in [0.29, 0.717) is 19.4 Å². The molecule has 1 aliphatic carbocycles. The van der Waals surface area contributed by atoms with Crippen LogP contribution >= 0.6 is 0 Å². The summed E-state index contributed by atoms with van der Waals surface area (Å²) >= 11 is 0. The zero-order chi connectivity index (χ0) is 19.7. The zero-order valence-electron chi connectivity index (χ0n) is 15.4. The molecule has 2 aliphatic rings. The number of likely N-dealkylation sites (tertiary alicyclic amines) is 1. The lowest BCUT2D eigenvalue weighted by Gasteiger charge is -2.32. The first-order chi connectivity index (χ1) is 13.6. The highest BCUT2D eigenvalue weighted by atomic mass is 19.1. The number of hydrogen-bond acceptors (Lipinski definition) is 3. The molecule has 4 rings (SSSR count). The van der Waals surface area contributed by atoms with Gasteiger partial charge in [-0.2, -0.15) is 0 Å². The number of carbonyl (C=O) groups is 2. The van der Waals surface area contributed by atoms with Gasteiger partial charge < -0.3 is 14.7 Å². The van der Waals surface area contributed by atoms with Crippen molar-refractivity contribution in [2.75, 3.05) is 19.7 Å². The van der Waals surface area contributed by atoms with Gasteiger partial charge >= 0.3 is 12.1 Å². The van der Waals surface area contributed by atoms with Gasteiger partial charge in [0.1, 0.15) is 6.61 Å². The van der Waals surface area contributed by atoms with E-state index < -0.39 is 24.2 Å². The highest BCUT2D eigenvalue weighted by Crippen LogP contribution is 2.44. The molecule has 2 aromatic carbocycles. The normalized spacial score (nSPS) is 19.6. The number of carbonyl (C=O) groups excluding carboxylic acids is 1. The molecule has 0 bridgehead atoms. The second kappa shape index (κ2) is 7.62. The number of amides is 1. The number of carboxylic acid groups (broad SMARTS) is 1. The molecule has 2 unspecified atom stereocenters. The molecule has 6 heteroatoms. The van der Waals surface area contributed by atoms with Crippen LogP contribution in [0.15, 0.2) is 48.5 Å². The van der Waals surface area contributed by atoms with Crippen LogP contribution in [0.1, 0.15) is 29.9 Å². The van der Waals surface area contributed by atoms with Gasteiger partial charge in [0.2, 0.25) is 6.17 Å². The van der Waals surface area contributed by atoms with Crippen molar-refractivity contribution >= 4 is 12.1 Å². The van der Waals surface area contributed by atoms with Crippen LogP contribution in [0.25, 0.3) is 11.1 Å². The van der Waals surface area contributed by atoms with E-state index in [4.69, 9.17) is 9.84 Å². The molecule has 0 radical (unpaired) electrons. The molecule has 0 saturated carbocycles. The highest BCUT2D eigenvalue weighted by molar-refractivity contribution is 5.79. The third-order valence-electron chi connectivity index (χ3n) is 5.70. The zero-order valence-corrected chi connectivity index (χ0v) is 15.4. The van der Waals surface area contributed by atoms with E-state index in [1.54, 1.807) is 0 Å². The highest BCUT2D eigenvalue weighted by Gasteiger charge is 2.35. The van der Waals surface area contributed by atoms with Crippen LogP contribution in [0, 0.1) is 5.92 Å². The molecule has 146 valence electrons. The molecule has 0 aromatic heterocycles. The van der Waals surface area contributed by atoms with Gasteiger partial charge in [-0.25, -0.2) is 14.0 Å². The van der Waals surface area contributed by atoms with Gasteiger partial charge in [0.25, 0.3) is 0 Å². The van der Waals surface area contributed by atoms with E-state index in [9.17, 15) is 14.0 Å². The van der Waals surface area contributed by atoms with E-state index >= 15 is 0 Å². The van der Waals surface area contributed by atoms with Gasteiger partial charge in [-0.1, -0.05) is 48.5 Å². The molecule has 2 atom stereocenters. The van der Waals surface area contributed by atoms with Crippen LogP contribution in [-0.2, 0) is 9.53 Å². The van der Waals surface area contributed by atoms with Crippen LogP contribution in [0.3, 0.4) is 0 Å². The maximum atomic E-state index is 13.8. The SMILES string of the molecule is O=C(O)C(F)C1CCCN(C(=O)OCC2c3ccccc3-c3ccccc32)C1. The molecule has 0 spiro atoms. The number of alkyl halides is 1. The fourth-order valence-corrected chi connectivity index (χ4v) is 4.30. The lowest BCUT2D eigenvalue weighted by atomic mass is 9.93. The topological polar surface area (TPSA) is 66.8 Å². The van der Waals surface area contributed by atoms with Crippen LogP contribution < -0.4 is 0 Å². The van der Waals surface area contributed by atoms with E-state index in [1.165, 1.54) is 4.90 Å². The second-order valence-corrected chi connectivity index (χ2v) is 7.39. The summed E-state index contributed by atoms with van der Waals surface area (Å²) in [6.45, 7) is 0.732. The van der Waals surface area contributed by atoms with Crippen molar-refractivity contribution in [3.63, 3.8) is 0 Å². The average molecular weight is 383 g/mol. The molecular formula is C22H22FNO4. The second-order valence-electron chi connectivity index (χ2n) is 7.39. The van der Waals surface area contributed by atoms with Crippen molar-refractivity contribution in [2.45, 2.75) is 24.9 Å². The Bertz CT molecular complexity index is 854. The van der Waals surface area contributed by atoms with Crippen LogP contribution in [0.2, 0.25) is 0 Å². The summed E-state index contributed by atoms with van der Waals surface area (Å²) in [6.07, 6.45) is -1.43. The van der Waals surface area contributed by atoms with Crippen molar-refractivity contribution < 1.29 is 23.8 Å². The molecule has 5 nitrogen and oxygen atoms in total. The first-order valence-corrected chi connectivity index (χ1v) is 9.53. The van der Waals surface area contributed by atoms with E-state index in [2.05, 4.69) is 12.1 Å². The van der Waals surface area contributed by atoms with Crippen molar-refractivity contribution in [2.24, 2.45) is 5.92 Å². The van der Waals surface area contributed by atoms with E-state index in [-0.39, 0.29) is 19.1 Å². The number of ether oxygens (including phenoxy) is 1.